The van der Waals surface area contributed by atoms with Crippen molar-refractivity contribution in [3.63, 3.8) is 0 Å². The van der Waals surface area contributed by atoms with Crippen molar-refractivity contribution in [2.75, 3.05) is 31.1 Å². The highest BCUT2D eigenvalue weighted by Gasteiger charge is 2.45. The maximum absolute atomic E-state index is 6.60. The van der Waals surface area contributed by atoms with Gasteiger partial charge >= 0.3 is 0 Å². The zero-order chi connectivity index (χ0) is 19.7. The monoisotopic (exact) mass is 388 g/mol. The second-order valence-electron chi connectivity index (χ2n) is 8.18. The molecule has 5 rings (SSSR count). The maximum Gasteiger partial charge on any atom is 0.131 e. The van der Waals surface area contributed by atoms with E-state index in [1.807, 2.05) is 18.2 Å². The maximum atomic E-state index is 6.60. The van der Waals surface area contributed by atoms with Gasteiger partial charge in [-0.15, -0.1) is 0 Å². The zero-order valence-corrected chi connectivity index (χ0v) is 16.6. The largest absolute Gasteiger partial charge is 0.383 e. The van der Waals surface area contributed by atoms with Crippen LogP contribution in [0.15, 0.2) is 78.5 Å². The number of hydrogen-bond acceptors (Lipinski definition) is 6. The lowest BCUT2D eigenvalue weighted by Gasteiger charge is -2.33. The number of pyridine rings is 1. The summed E-state index contributed by atoms with van der Waals surface area (Å²) in [5, 5.41) is 7.28. The van der Waals surface area contributed by atoms with E-state index in [9.17, 15) is 0 Å². The van der Waals surface area contributed by atoms with Gasteiger partial charge in [0.1, 0.15) is 12.0 Å². The predicted octanol–water partition coefficient (Wildman–Crippen LogP) is 2.31. The minimum Gasteiger partial charge on any atom is -0.383 e. The van der Waals surface area contributed by atoms with Gasteiger partial charge in [-0.2, -0.15) is 0 Å². The molecule has 0 amide bonds. The highest BCUT2D eigenvalue weighted by Crippen LogP contribution is 2.37. The Kier molecular flexibility index (Phi) is 4.73. The van der Waals surface area contributed by atoms with Gasteiger partial charge in [-0.05, 0) is 36.6 Å². The molecular weight excluding hydrogens is 360 g/mol. The third kappa shape index (κ3) is 3.73. The number of nitrogens with one attached hydrogen (secondary N) is 2. The van der Waals surface area contributed by atoms with Crippen LogP contribution >= 0.6 is 0 Å². The quantitative estimate of drug-likeness (QED) is 0.730. The summed E-state index contributed by atoms with van der Waals surface area (Å²) in [7, 11) is 0. The van der Waals surface area contributed by atoms with E-state index >= 15 is 0 Å². The second-order valence-corrected chi connectivity index (χ2v) is 8.18. The number of anilines is 1. The van der Waals surface area contributed by atoms with E-state index in [0.717, 1.165) is 43.4 Å². The summed E-state index contributed by atoms with van der Waals surface area (Å²) in [6.45, 7) is 4.29. The van der Waals surface area contributed by atoms with Crippen LogP contribution in [0.4, 0.5) is 5.69 Å². The van der Waals surface area contributed by atoms with Gasteiger partial charge in [0.25, 0.3) is 0 Å². The summed E-state index contributed by atoms with van der Waals surface area (Å²) in [5.41, 5.74) is 10.2. The van der Waals surface area contributed by atoms with Gasteiger partial charge in [0, 0.05) is 49.8 Å². The average Bonchev–Trinajstić information content (AvgIpc) is 3.42. The standard InChI is InChI=1S/C23H28N6/c24-21-20(7-4-15-28-16-14-26-23(17-28)10-11-23)27-22(18-5-2-1-3-6-18)29(21)19-8-12-25-13-9-19/h1-9,12-13,22,26-27H,10-11,14-17,24H2/b7-4-. The normalized spacial score (nSPS) is 23.7. The lowest BCUT2D eigenvalue weighted by Crippen LogP contribution is -2.52. The molecule has 1 atom stereocenters. The number of rotatable bonds is 5. The van der Waals surface area contributed by atoms with Gasteiger partial charge < -0.3 is 21.3 Å². The van der Waals surface area contributed by atoms with Gasteiger partial charge in [0.15, 0.2) is 0 Å². The first-order valence-electron chi connectivity index (χ1n) is 10.4. The molecule has 6 heteroatoms. The number of nitrogens with zero attached hydrogens (tertiary/aromatic N) is 3. The number of allylic oxidation sites excluding steroid dienone is 1. The fourth-order valence-electron chi connectivity index (χ4n) is 4.35. The summed E-state index contributed by atoms with van der Waals surface area (Å²) < 4.78 is 0. The third-order valence-corrected chi connectivity index (χ3v) is 6.10. The van der Waals surface area contributed by atoms with Gasteiger partial charge in [-0.25, -0.2) is 0 Å². The molecule has 3 heterocycles. The van der Waals surface area contributed by atoms with E-state index in [2.05, 4.69) is 61.8 Å². The topological polar surface area (TPSA) is 69.5 Å². The van der Waals surface area contributed by atoms with Crippen LogP contribution in [-0.4, -0.2) is 41.6 Å². The van der Waals surface area contributed by atoms with Crippen LogP contribution < -0.4 is 21.3 Å². The number of piperazine rings is 1. The summed E-state index contributed by atoms with van der Waals surface area (Å²) in [6.07, 6.45) is 10.6. The highest BCUT2D eigenvalue weighted by atomic mass is 15.4. The minimum absolute atomic E-state index is 0.0350. The molecule has 6 nitrogen and oxygen atoms in total. The molecule has 0 radical (unpaired) electrons. The smallest absolute Gasteiger partial charge is 0.131 e. The zero-order valence-electron chi connectivity index (χ0n) is 16.6. The van der Waals surface area contributed by atoms with Gasteiger partial charge in [-0.1, -0.05) is 36.4 Å². The second kappa shape index (κ2) is 7.54. The molecule has 1 spiro atoms. The Morgan fingerprint density at radius 3 is 2.69 bits per heavy atom. The molecule has 2 aromatic rings. The number of hydrogen-bond donors (Lipinski definition) is 3. The Morgan fingerprint density at radius 2 is 1.93 bits per heavy atom. The predicted molar refractivity (Wildman–Crippen MR) is 116 cm³/mol. The van der Waals surface area contributed by atoms with E-state index in [1.165, 1.54) is 18.4 Å². The van der Waals surface area contributed by atoms with E-state index in [0.29, 0.717) is 5.54 Å². The molecule has 1 saturated carbocycles. The molecule has 3 aliphatic rings. The van der Waals surface area contributed by atoms with Crippen LogP contribution in [0.5, 0.6) is 0 Å². The van der Waals surface area contributed by atoms with Gasteiger partial charge in [0.05, 0.1) is 5.70 Å². The molecule has 2 fully saturated rings. The Labute approximate surface area is 172 Å². The summed E-state index contributed by atoms with van der Waals surface area (Å²) in [4.78, 5) is 8.82. The first-order chi connectivity index (χ1) is 14.2. The van der Waals surface area contributed by atoms with Gasteiger partial charge in [-0.3, -0.25) is 9.88 Å². The Bertz CT molecular complexity index is 903. The van der Waals surface area contributed by atoms with E-state index in [-0.39, 0.29) is 6.17 Å². The molecule has 1 aromatic heterocycles. The van der Waals surface area contributed by atoms with E-state index in [1.54, 1.807) is 12.4 Å². The van der Waals surface area contributed by atoms with Crippen LogP contribution in [0.1, 0.15) is 24.6 Å². The highest BCUT2D eigenvalue weighted by molar-refractivity contribution is 5.57. The fraction of sp³-hybridized carbons (Fsp3) is 0.348. The third-order valence-electron chi connectivity index (χ3n) is 6.10. The van der Waals surface area contributed by atoms with Crippen molar-refractivity contribution >= 4 is 5.69 Å². The summed E-state index contributed by atoms with van der Waals surface area (Å²) in [6, 6.07) is 14.4. The van der Waals surface area contributed by atoms with Crippen molar-refractivity contribution in [2.45, 2.75) is 24.5 Å². The van der Waals surface area contributed by atoms with Crippen LogP contribution in [-0.2, 0) is 0 Å². The van der Waals surface area contributed by atoms with Crippen LogP contribution in [0, 0.1) is 0 Å². The van der Waals surface area contributed by atoms with Crippen molar-refractivity contribution in [3.05, 3.63) is 84.1 Å². The van der Waals surface area contributed by atoms with Crippen LogP contribution in [0.2, 0.25) is 0 Å². The number of nitrogens with two attached hydrogens (primary N) is 1. The molecule has 29 heavy (non-hydrogen) atoms. The number of benzene rings is 1. The van der Waals surface area contributed by atoms with Crippen LogP contribution in [0.25, 0.3) is 0 Å². The lowest BCUT2D eigenvalue weighted by atomic mass is 10.1. The van der Waals surface area contributed by atoms with Crippen molar-refractivity contribution in [1.82, 2.24) is 20.5 Å². The van der Waals surface area contributed by atoms with Crippen LogP contribution in [0.3, 0.4) is 0 Å². The Morgan fingerprint density at radius 1 is 1.14 bits per heavy atom. The molecule has 1 aliphatic carbocycles. The average molecular weight is 389 g/mol. The first kappa shape index (κ1) is 18.2. The first-order valence-corrected chi connectivity index (χ1v) is 10.4. The van der Waals surface area contributed by atoms with Crippen molar-refractivity contribution in [1.29, 1.82) is 0 Å². The molecule has 1 unspecified atom stereocenters. The summed E-state index contributed by atoms with van der Waals surface area (Å²) in [5.74, 6) is 0.736. The molecule has 150 valence electrons. The molecule has 1 aromatic carbocycles. The van der Waals surface area contributed by atoms with Gasteiger partial charge in [0.2, 0.25) is 0 Å². The van der Waals surface area contributed by atoms with Crippen molar-refractivity contribution < 1.29 is 0 Å². The fourth-order valence-corrected chi connectivity index (χ4v) is 4.35. The molecule has 2 aliphatic heterocycles. The lowest BCUT2D eigenvalue weighted by molar-refractivity contribution is 0.207. The van der Waals surface area contributed by atoms with E-state index < -0.39 is 0 Å². The van der Waals surface area contributed by atoms with E-state index in [4.69, 9.17) is 5.73 Å². The Balaban J connectivity index is 1.35. The SMILES string of the molecule is NC1=C(/C=C\CN2CCNC3(CC3)C2)NC(c2ccccc2)N1c1ccncc1. The van der Waals surface area contributed by atoms with Crippen molar-refractivity contribution in [2.24, 2.45) is 5.73 Å². The number of aromatic nitrogens is 1. The molecular formula is C23H28N6. The molecule has 4 N–H and O–H groups in total. The molecule has 1 saturated heterocycles. The van der Waals surface area contributed by atoms with Crippen molar-refractivity contribution in [3.8, 4) is 0 Å². The minimum atomic E-state index is -0.0350. The molecule has 0 bridgehead atoms. The summed E-state index contributed by atoms with van der Waals surface area (Å²) >= 11 is 0. The Hall–Kier alpha value is -2.83.